The number of carboxylic acid groups (broad SMARTS) is 1. The van der Waals surface area contributed by atoms with Crippen LogP contribution >= 0.6 is 0 Å². The molecule has 1 rings (SSSR count). The topological polar surface area (TPSA) is 95.9 Å². The molecule has 0 spiro atoms. The molecule has 0 aromatic rings. The van der Waals surface area contributed by atoms with Gasteiger partial charge in [0.15, 0.2) is 0 Å². The van der Waals surface area contributed by atoms with E-state index in [1.54, 1.807) is 4.90 Å². The molecule has 1 saturated heterocycles. The molecule has 1 aliphatic rings. The Labute approximate surface area is 124 Å². The Morgan fingerprint density at radius 2 is 1.86 bits per heavy atom. The van der Waals surface area contributed by atoms with E-state index in [0.717, 1.165) is 0 Å². The third-order valence-corrected chi connectivity index (χ3v) is 3.46. The molecule has 7 nitrogen and oxygen atoms in total. The normalized spacial score (nSPS) is 17.4. The van der Waals surface area contributed by atoms with E-state index in [-0.39, 0.29) is 17.9 Å². The molecule has 0 aliphatic carbocycles. The maximum absolute atomic E-state index is 11.7. The molecule has 0 radical (unpaired) electrons. The van der Waals surface area contributed by atoms with Gasteiger partial charge in [-0.1, -0.05) is 13.8 Å². The third-order valence-electron chi connectivity index (χ3n) is 3.46. The van der Waals surface area contributed by atoms with E-state index in [9.17, 15) is 14.4 Å². The number of ether oxygens (including phenoxy) is 1. The Bertz CT molecular complexity index is 389. The fourth-order valence-corrected chi connectivity index (χ4v) is 2.31. The second kappa shape index (κ2) is 7.85. The summed E-state index contributed by atoms with van der Waals surface area (Å²) in [6, 6.07) is -0.935. The lowest BCUT2D eigenvalue weighted by Gasteiger charge is -2.31. The van der Waals surface area contributed by atoms with Crippen molar-refractivity contribution in [1.29, 1.82) is 0 Å². The molecule has 7 heteroatoms. The van der Waals surface area contributed by atoms with Gasteiger partial charge in [-0.3, -0.25) is 4.79 Å². The number of piperidine rings is 1. The minimum absolute atomic E-state index is 0.0146. The van der Waals surface area contributed by atoms with E-state index < -0.39 is 18.1 Å². The number of carbonyl (C=O) groups excluding carboxylic acids is 2. The van der Waals surface area contributed by atoms with Gasteiger partial charge in [0.2, 0.25) is 5.91 Å². The Morgan fingerprint density at radius 1 is 1.29 bits per heavy atom. The summed E-state index contributed by atoms with van der Waals surface area (Å²) in [6.07, 6.45) is 0.537. The van der Waals surface area contributed by atoms with Crippen molar-refractivity contribution in [3.8, 4) is 0 Å². The van der Waals surface area contributed by atoms with Crippen LogP contribution in [0.2, 0.25) is 0 Å². The second-order valence-electron chi connectivity index (χ2n) is 5.78. The number of hydrogen-bond donors (Lipinski definition) is 2. The zero-order valence-electron chi connectivity index (χ0n) is 12.8. The van der Waals surface area contributed by atoms with Gasteiger partial charge in [-0.05, 0) is 12.3 Å². The summed E-state index contributed by atoms with van der Waals surface area (Å²) in [5.74, 6) is -0.891. The van der Waals surface area contributed by atoms with Crippen molar-refractivity contribution >= 4 is 18.0 Å². The fourth-order valence-electron chi connectivity index (χ4n) is 2.31. The van der Waals surface area contributed by atoms with Crippen LogP contribution < -0.4 is 5.32 Å². The Hall–Kier alpha value is -1.79. The lowest BCUT2D eigenvalue weighted by atomic mass is 10.0. The largest absolute Gasteiger partial charge is 0.480 e. The summed E-state index contributed by atoms with van der Waals surface area (Å²) in [4.78, 5) is 35.7. The number of hydrogen-bond acceptors (Lipinski definition) is 4. The van der Waals surface area contributed by atoms with Crippen LogP contribution in [0.1, 0.15) is 40.0 Å². The summed E-state index contributed by atoms with van der Waals surface area (Å²) in [7, 11) is 0. The summed E-state index contributed by atoms with van der Waals surface area (Å²) >= 11 is 0. The van der Waals surface area contributed by atoms with Crippen LogP contribution in [-0.2, 0) is 14.3 Å². The number of likely N-dealkylation sites (tertiary alicyclic amines) is 1. The maximum atomic E-state index is 11.7. The number of carboxylic acids is 1. The molecule has 1 heterocycles. The molecule has 2 N–H and O–H groups in total. The van der Waals surface area contributed by atoms with Gasteiger partial charge in [-0.25, -0.2) is 9.59 Å². The second-order valence-corrected chi connectivity index (χ2v) is 5.78. The van der Waals surface area contributed by atoms with Gasteiger partial charge >= 0.3 is 12.1 Å². The fraction of sp³-hybridized carbons (Fsp3) is 0.786. The first kappa shape index (κ1) is 17.3. The smallest absolute Gasteiger partial charge is 0.408 e. The van der Waals surface area contributed by atoms with Crippen LogP contribution in [0, 0.1) is 5.92 Å². The van der Waals surface area contributed by atoms with Crippen LogP contribution in [0.3, 0.4) is 0 Å². The molecule has 0 saturated carbocycles. The lowest BCUT2D eigenvalue weighted by Crippen LogP contribution is -2.45. The number of nitrogens with one attached hydrogen (secondary N) is 1. The zero-order chi connectivity index (χ0) is 16.0. The van der Waals surface area contributed by atoms with E-state index in [1.165, 1.54) is 6.92 Å². The molecule has 1 aliphatic heterocycles. The Kier molecular flexibility index (Phi) is 6.45. The minimum Gasteiger partial charge on any atom is -0.480 e. The highest BCUT2D eigenvalue weighted by molar-refractivity contribution is 5.80. The number of amides is 2. The van der Waals surface area contributed by atoms with Crippen molar-refractivity contribution in [2.24, 2.45) is 5.92 Å². The number of aliphatic carboxylic acids is 1. The van der Waals surface area contributed by atoms with Crippen LogP contribution in [-0.4, -0.2) is 53.2 Å². The molecule has 2 amide bonds. The predicted octanol–water partition coefficient (Wildman–Crippen LogP) is 1.22. The minimum atomic E-state index is -1.06. The standard InChI is InChI=1S/C14H24N2O5/c1-9(2)8-12(13(18)19)15-14(20)21-11-4-6-16(7-5-11)10(3)17/h9,11-12H,4-8H2,1-3H3,(H,15,20)(H,18,19)/t12-/m0/s1. The van der Waals surface area contributed by atoms with Gasteiger partial charge in [0.05, 0.1) is 0 Å². The van der Waals surface area contributed by atoms with E-state index >= 15 is 0 Å². The maximum Gasteiger partial charge on any atom is 0.408 e. The molecule has 21 heavy (non-hydrogen) atoms. The molecule has 120 valence electrons. The van der Waals surface area contributed by atoms with Crippen molar-refractivity contribution in [3.63, 3.8) is 0 Å². The zero-order valence-corrected chi connectivity index (χ0v) is 12.8. The van der Waals surface area contributed by atoms with E-state index in [2.05, 4.69) is 5.32 Å². The average Bonchev–Trinajstić information content (AvgIpc) is 2.37. The van der Waals surface area contributed by atoms with Gasteiger partial charge in [0, 0.05) is 32.9 Å². The van der Waals surface area contributed by atoms with Crippen LogP contribution in [0.25, 0.3) is 0 Å². The molecule has 0 bridgehead atoms. The number of alkyl carbamates (subject to hydrolysis) is 1. The van der Waals surface area contributed by atoms with Crippen molar-refractivity contribution in [3.05, 3.63) is 0 Å². The van der Waals surface area contributed by atoms with Gasteiger partial charge in [0.1, 0.15) is 12.1 Å². The first-order chi connectivity index (χ1) is 9.79. The highest BCUT2D eigenvalue weighted by Crippen LogP contribution is 2.14. The summed E-state index contributed by atoms with van der Waals surface area (Å²) in [5, 5.41) is 11.4. The predicted molar refractivity (Wildman–Crippen MR) is 75.8 cm³/mol. The SMILES string of the molecule is CC(=O)N1CCC(OC(=O)N[C@@H](CC(C)C)C(=O)O)CC1. The van der Waals surface area contributed by atoms with Crippen LogP contribution in [0.15, 0.2) is 0 Å². The first-order valence-corrected chi connectivity index (χ1v) is 7.25. The molecule has 1 fully saturated rings. The number of carbonyl (C=O) groups is 3. The highest BCUT2D eigenvalue weighted by Gasteiger charge is 2.26. The monoisotopic (exact) mass is 300 g/mol. The molecule has 0 unspecified atom stereocenters. The van der Waals surface area contributed by atoms with Crippen LogP contribution in [0.5, 0.6) is 0 Å². The van der Waals surface area contributed by atoms with Crippen molar-refractivity contribution in [1.82, 2.24) is 10.2 Å². The number of nitrogens with zero attached hydrogens (tertiary/aromatic N) is 1. The summed E-state index contributed by atoms with van der Waals surface area (Å²) in [6.45, 7) is 6.40. The lowest BCUT2D eigenvalue weighted by molar-refractivity contribution is -0.140. The van der Waals surface area contributed by atoms with Crippen molar-refractivity contribution in [2.75, 3.05) is 13.1 Å². The molecular formula is C14H24N2O5. The van der Waals surface area contributed by atoms with Crippen molar-refractivity contribution in [2.45, 2.75) is 52.2 Å². The van der Waals surface area contributed by atoms with E-state index in [4.69, 9.17) is 9.84 Å². The highest BCUT2D eigenvalue weighted by atomic mass is 16.6. The summed E-state index contributed by atoms with van der Waals surface area (Å²) < 4.78 is 5.23. The molecular weight excluding hydrogens is 276 g/mol. The van der Waals surface area contributed by atoms with E-state index in [1.807, 2.05) is 13.8 Å². The van der Waals surface area contributed by atoms with Crippen LogP contribution in [0.4, 0.5) is 4.79 Å². The van der Waals surface area contributed by atoms with Gasteiger partial charge in [-0.2, -0.15) is 0 Å². The molecule has 0 aromatic carbocycles. The quantitative estimate of drug-likeness (QED) is 0.796. The van der Waals surface area contributed by atoms with Crippen molar-refractivity contribution < 1.29 is 24.2 Å². The average molecular weight is 300 g/mol. The van der Waals surface area contributed by atoms with Gasteiger partial charge in [0.25, 0.3) is 0 Å². The first-order valence-electron chi connectivity index (χ1n) is 7.25. The van der Waals surface area contributed by atoms with Gasteiger partial charge in [-0.15, -0.1) is 0 Å². The Balaban J connectivity index is 2.39. The van der Waals surface area contributed by atoms with E-state index in [0.29, 0.717) is 32.4 Å². The third kappa shape index (κ3) is 6.01. The molecule has 0 aromatic heterocycles. The Morgan fingerprint density at radius 3 is 2.29 bits per heavy atom. The molecule has 1 atom stereocenters. The van der Waals surface area contributed by atoms with Gasteiger partial charge < -0.3 is 20.1 Å². The summed E-state index contributed by atoms with van der Waals surface area (Å²) in [5.41, 5.74) is 0. The number of rotatable bonds is 5.